The largest absolute Gasteiger partial charge is 0.317 e. The molecule has 0 amide bonds. The molecule has 2 atom stereocenters. The van der Waals surface area contributed by atoms with Crippen molar-refractivity contribution in [2.75, 3.05) is 26.7 Å². The summed E-state index contributed by atoms with van der Waals surface area (Å²) in [5.74, 6) is 1.88. The molecule has 1 N–H and O–H groups in total. The summed E-state index contributed by atoms with van der Waals surface area (Å²) in [6.45, 7) is 6.23. The van der Waals surface area contributed by atoms with Crippen molar-refractivity contribution in [1.82, 2.24) is 10.2 Å². The maximum absolute atomic E-state index is 3.45. The minimum Gasteiger partial charge on any atom is -0.317 e. The van der Waals surface area contributed by atoms with Crippen LogP contribution in [0, 0.1) is 11.8 Å². The molecule has 1 aliphatic carbocycles. The van der Waals surface area contributed by atoms with Gasteiger partial charge in [-0.2, -0.15) is 0 Å². The molecule has 1 aliphatic heterocycles. The first-order chi connectivity index (χ1) is 7.27. The molecule has 15 heavy (non-hydrogen) atoms. The Balaban J connectivity index is 1.77. The topological polar surface area (TPSA) is 15.3 Å². The lowest BCUT2D eigenvalue weighted by molar-refractivity contribution is 0.162. The summed E-state index contributed by atoms with van der Waals surface area (Å²) in [6.07, 6.45) is 7.09. The molecule has 0 aromatic carbocycles. The van der Waals surface area contributed by atoms with Crippen LogP contribution >= 0.6 is 0 Å². The molecule has 2 rings (SSSR count). The van der Waals surface area contributed by atoms with E-state index < -0.39 is 0 Å². The highest BCUT2D eigenvalue weighted by molar-refractivity contribution is 4.83. The van der Waals surface area contributed by atoms with E-state index in [2.05, 4.69) is 24.2 Å². The summed E-state index contributed by atoms with van der Waals surface area (Å²) in [6, 6.07) is 0.875. The fourth-order valence-corrected chi connectivity index (χ4v) is 3.39. The van der Waals surface area contributed by atoms with Crippen molar-refractivity contribution in [3.63, 3.8) is 0 Å². The van der Waals surface area contributed by atoms with Gasteiger partial charge in [-0.25, -0.2) is 0 Å². The standard InChI is InChI=1S/C13H26N2/c1-11-4-3-5-13(11)15(2)10-12-6-8-14-9-7-12/h11-14H,3-10H2,1-2H3. The van der Waals surface area contributed by atoms with Crippen LogP contribution in [-0.2, 0) is 0 Å². The summed E-state index contributed by atoms with van der Waals surface area (Å²) < 4.78 is 0. The zero-order valence-electron chi connectivity index (χ0n) is 10.3. The minimum atomic E-state index is 0.875. The Morgan fingerprint density at radius 2 is 1.87 bits per heavy atom. The molecule has 2 unspecified atom stereocenters. The van der Waals surface area contributed by atoms with Crippen molar-refractivity contribution in [3.8, 4) is 0 Å². The van der Waals surface area contributed by atoms with E-state index in [0.29, 0.717) is 0 Å². The minimum absolute atomic E-state index is 0.875. The van der Waals surface area contributed by atoms with Gasteiger partial charge in [-0.15, -0.1) is 0 Å². The van der Waals surface area contributed by atoms with Gasteiger partial charge in [0.15, 0.2) is 0 Å². The number of piperidine rings is 1. The first kappa shape index (κ1) is 11.4. The van der Waals surface area contributed by atoms with Crippen molar-refractivity contribution in [2.45, 2.75) is 45.1 Å². The molecule has 1 saturated carbocycles. The lowest BCUT2D eigenvalue weighted by atomic mass is 9.96. The smallest absolute Gasteiger partial charge is 0.0118 e. The van der Waals surface area contributed by atoms with Crippen LogP contribution in [0.15, 0.2) is 0 Å². The molecule has 2 aliphatic rings. The van der Waals surface area contributed by atoms with Gasteiger partial charge in [0.2, 0.25) is 0 Å². The zero-order chi connectivity index (χ0) is 10.7. The van der Waals surface area contributed by atoms with Gasteiger partial charge >= 0.3 is 0 Å². The molecule has 0 spiro atoms. The average Bonchev–Trinajstić information content (AvgIpc) is 2.66. The second-order valence-corrected chi connectivity index (χ2v) is 5.61. The van der Waals surface area contributed by atoms with Crippen LogP contribution in [0.4, 0.5) is 0 Å². The number of rotatable bonds is 3. The van der Waals surface area contributed by atoms with Gasteiger partial charge in [0.05, 0.1) is 0 Å². The van der Waals surface area contributed by atoms with Crippen LogP contribution in [0.3, 0.4) is 0 Å². The lowest BCUT2D eigenvalue weighted by Crippen LogP contribution is -2.40. The number of hydrogen-bond acceptors (Lipinski definition) is 2. The van der Waals surface area contributed by atoms with Gasteiger partial charge in [0.25, 0.3) is 0 Å². The predicted molar refractivity (Wildman–Crippen MR) is 65.0 cm³/mol. The van der Waals surface area contributed by atoms with E-state index in [1.54, 1.807) is 0 Å². The molecule has 2 heteroatoms. The zero-order valence-corrected chi connectivity index (χ0v) is 10.3. The van der Waals surface area contributed by atoms with Crippen LogP contribution < -0.4 is 5.32 Å². The van der Waals surface area contributed by atoms with Crippen molar-refractivity contribution >= 4 is 0 Å². The highest BCUT2D eigenvalue weighted by atomic mass is 15.1. The Labute approximate surface area is 94.4 Å². The summed E-state index contributed by atoms with van der Waals surface area (Å²) in [5, 5.41) is 3.45. The second kappa shape index (κ2) is 5.31. The molecule has 0 aromatic rings. The Hall–Kier alpha value is -0.0800. The molecule has 1 saturated heterocycles. The third kappa shape index (κ3) is 2.94. The maximum Gasteiger partial charge on any atom is 0.0118 e. The second-order valence-electron chi connectivity index (χ2n) is 5.61. The molecular formula is C13H26N2. The average molecular weight is 210 g/mol. The van der Waals surface area contributed by atoms with E-state index in [-0.39, 0.29) is 0 Å². The van der Waals surface area contributed by atoms with Gasteiger partial charge in [0.1, 0.15) is 0 Å². The Morgan fingerprint density at radius 3 is 2.47 bits per heavy atom. The first-order valence-corrected chi connectivity index (χ1v) is 6.68. The SMILES string of the molecule is CC1CCCC1N(C)CC1CCNCC1. The highest BCUT2D eigenvalue weighted by Crippen LogP contribution is 2.29. The molecular weight excluding hydrogens is 184 g/mol. The fourth-order valence-electron chi connectivity index (χ4n) is 3.39. The summed E-state index contributed by atoms with van der Waals surface area (Å²) in [4.78, 5) is 2.65. The predicted octanol–water partition coefficient (Wildman–Crippen LogP) is 2.11. The van der Waals surface area contributed by atoms with Gasteiger partial charge in [0, 0.05) is 12.6 Å². The van der Waals surface area contributed by atoms with Crippen LogP contribution in [0.5, 0.6) is 0 Å². The monoisotopic (exact) mass is 210 g/mol. The third-order valence-corrected chi connectivity index (χ3v) is 4.39. The van der Waals surface area contributed by atoms with Crippen LogP contribution in [0.2, 0.25) is 0 Å². The molecule has 2 nitrogen and oxygen atoms in total. The summed E-state index contributed by atoms with van der Waals surface area (Å²) >= 11 is 0. The number of nitrogens with zero attached hydrogens (tertiary/aromatic N) is 1. The van der Waals surface area contributed by atoms with E-state index in [0.717, 1.165) is 17.9 Å². The third-order valence-electron chi connectivity index (χ3n) is 4.39. The highest BCUT2D eigenvalue weighted by Gasteiger charge is 2.28. The van der Waals surface area contributed by atoms with E-state index >= 15 is 0 Å². The molecule has 88 valence electrons. The van der Waals surface area contributed by atoms with Gasteiger partial charge in [-0.3, -0.25) is 0 Å². The van der Waals surface area contributed by atoms with Gasteiger partial charge < -0.3 is 10.2 Å². The van der Waals surface area contributed by atoms with Gasteiger partial charge in [-0.05, 0) is 57.7 Å². The molecule has 1 heterocycles. The van der Waals surface area contributed by atoms with Crippen LogP contribution in [-0.4, -0.2) is 37.6 Å². The number of hydrogen-bond donors (Lipinski definition) is 1. The molecule has 2 fully saturated rings. The Kier molecular flexibility index (Phi) is 4.04. The Morgan fingerprint density at radius 1 is 1.13 bits per heavy atom. The fraction of sp³-hybridized carbons (Fsp3) is 1.00. The van der Waals surface area contributed by atoms with Crippen molar-refractivity contribution < 1.29 is 0 Å². The maximum atomic E-state index is 3.45. The van der Waals surface area contributed by atoms with E-state index in [9.17, 15) is 0 Å². The van der Waals surface area contributed by atoms with E-state index in [1.165, 1.54) is 51.7 Å². The quantitative estimate of drug-likeness (QED) is 0.767. The summed E-state index contributed by atoms with van der Waals surface area (Å²) in [7, 11) is 2.34. The van der Waals surface area contributed by atoms with Crippen molar-refractivity contribution in [2.24, 2.45) is 11.8 Å². The molecule has 0 bridgehead atoms. The van der Waals surface area contributed by atoms with Crippen molar-refractivity contribution in [1.29, 1.82) is 0 Å². The molecule has 0 aromatic heterocycles. The van der Waals surface area contributed by atoms with Gasteiger partial charge in [-0.1, -0.05) is 13.3 Å². The number of nitrogens with one attached hydrogen (secondary N) is 1. The first-order valence-electron chi connectivity index (χ1n) is 6.68. The van der Waals surface area contributed by atoms with E-state index in [1.807, 2.05) is 0 Å². The lowest BCUT2D eigenvalue weighted by Gasteiger charge is -2.33. The van der Waals surface area contributed by atoms with Crippen LogP contribution in [0.25, 0.3) is 0 Å². The summed E-state index contributed by atoms with van der Waals surface area (Å²) in [5.41, 5.74) is 0. The molecule has 0 radical (unpaired) electrons. The normalized spacial score (nSPS) is 33.8. The van der Waals surface area contributed by atoms with Crippen molar-refractivity contribution in [3.05, 3.63) is 0 Å². The van der Waals surface area contributed by atoms with E-state index in [4.69, 9.17) is 0 Å². The van der Waals surface area contributed by atoms with Crippen LogP contribution in [0.1, 0.15) is 39.0 Å². The Bertz CT molecular complexity index is 187.